The van der Waals surface area contributed by atoms with E-state index in [0.29, 0.717) is 12.1 Å². The van der Waals surface area contributed by atoms with Gasteiger partial charge in [-0.25, -0.2) is 9.37 Å². The summed E-state index contributed by atoms with van der Waals surface area (Å²) in [6.07, 6.45) is 6.30. The molecule has 4 heteroatoms. The van der Waals surface area contributed by atoms with Crippen LogP contribution in [0.4, 0.5) is 10.2 Å². The number of halogens is 1. The van der Waals surface area contributed by atoms with Gasteiger partial charge in [-0.1, -0.05) is 0 Å². The zero-order valence-electron chi connectivity index (χ0n) is 9.90. The zero-order chi connectivity index (χ0) is 11.7. The van der Waals surface area contributed by atoms with Crippen LogP contribution in [0.1, 0.15) is 25.7 Å². The Hall–Kier alpha value is -1.16. The summed E-state index contributed by atoms with van der Waals surface area (Å²) in [6.45, 7) is 2.13. The Morgan fingerprint density at radius 3 is 2.82 bits per heavy atom. The van der Waals surface area contributed by atoms with Crippen LogP contribution in [0.25, 0.3) is 0 Å². The van der Waals surface area contributed by atoms with Crippen molar-refractivity contribution < 1.29 is 4.39 Å². The molecule has 0 spiro atoms. The summed E-state index contributed by atoms with van der Waals surface area (Å²) >= 11 is 0. The molecule has 3 rings (SSSR count). The first-order valence-electron chi connectivity index (χ1n) is 6.44. The highest BCUT2D eigenvalue weighted by atomic mass is 19.1. The summed E-state index contributed by atoms with van der Waals surface area (Å²) in [7, 11) is 0. The van der Waals surface area contributed by atoms with Crippen molar-refractivity contribution >= 4 is 5.82 Å². The van der Waals surface area contributed by atoms with Gasteiger partial charge in [0, 0.05) is 18.6 Å². The average Bonchev–Trinajstić information content (AvgIpc) is 3.05. The Bertz CT molecular complexity index is 369. The van der Waals surface area contributed by atoms with E-state index in [-0.39, 0.29) is 5.82 Å². The van der Waals surface area contributed by atoms with Crippen LogP contribution in [0, 0.1) is 5.82 Å². The van der Waals surface area contributed by atoms with Gasteiger partial charge >= 0.3 is 0 Å². The van der Waals surface area contributed by atoms with Crippen molar-refractivity contribution in [1.29, 1.82) is 0 Å². The monoisotopic (exact) mass is 235 g/mol. The van der Waals surface area contributed by atoms with Gasteiger partial charge in [-0.2, -0.15) is 0 Å². The minimum atomic E-state index is -0.261. The first-order chi connectivity index (χ1) is 8.33. The standard InChI is InChI=1S/C13H18FN3/c14-10-3-6-13(16-8-10)17(12-4-5-12)9-11-2-1-7-15-11/h3,6,8,11-12,15H,1-2,4-5,7,9H2. The highest BCUT2D eigenvalue weighted by Gasteiger charge is 2.32. The van der Waals surface area contributed by atoms with Gasteiger partial charge in [0.15, 0.2) is 0 Å². The maximum atomic E-state index is 12.9. The lowest BCUT2D eigenvalue weighted by Gasteiger charge is -2.26. The normalized spacial score (nSPS) is 23.9. The van der Waals surface area contributed by atoms with Gasteiger partial charge in [0.25, 0.3) is 0 Å². The summed E-state index contributed by atoms with van der Waals surface area (Å²) < 4.78 is 12.9. The summed E-state index contributed by atoms with van der Waals surface area (Å²) in [6, 6.07) is 4.49. The second kappa shape index (κ2) is 4.61. The van der Waals surface area contributed by atoms with E-state index < -0.39 is 0 Å². The lowest BCUT2D eigenvalue weighted by molar-refractivity contribution is 0.573. The van der Waals surface area contributed by atoms with E-state index in [1.807, 2.05) is 0 Å². The van der Waals surface area contributed by atoms with Gasteiger partial charge in [-0.15, -0.1) is 0 Å². The molecular formula is C13H18FN3. The van der Waals surface area contributed by atoms with E-state index in [1.54, 1.807) is 6.07 Å². The van der Waals surface area contributed by atoms with E-state index in [9.17, 15) is 4.39 Å². The fourth-order valence-electron chi connectivity index (χ4n) is 2.50. The van der Waals surface area contributed by atoms with Crippen LogP contribution in [0.15, 0.2) is 18.3 Å². The Balaban J connectivity index is 1.72. The van der Waals surface area contributed by atoms with E-state index in [4.69, 9.17) is 0 Å². The third kappa shape index (κ3) is 2.57. The Morgan fingerprint density at radius 1 is 1.35 bits per heavy atom. The van der Waals surface area contributed by atoms with Gasteiger partial charge in [0.1, 0.15) is 11.6 Å². The van der Waals surface area contributed by atoms with Crippen molar-refractivity contribution in [3.63, 3.8) is 0 Å². The predicted octanol–water partition coefficient (Wildman–Crippen LogP) is 1.94. The smallest absolute Gasteiger partial charge is 0.141 e. The Kier molecular flexibility index (Phi) is 2.97. The molecule has 1 aliphatic heterocycles. The minimum absolute atomic E-state index is 0.261. The fraction of sp³-hybridized carbons (Fsp3) is 0.615. The molecule has 3 nitrogen and oxygen atoms in total. The number of hydrogen-bond donors (Lipinski definition) is 1. The van der Waals surface area contributed by atoms with Crippen molar-refractivity contribution in [3.05, 3.63) is 24.1 Å². The lowest BCUT2D eigenvalue weighted by atomic mass is 10.2. The molecule has 2 fully saturated rings. The maximum Gasteiger partial charge on any atom is 0.141 e. The molecule has 1 aliphatic carbocycles. The molecular weight excluding hydrogens is 217 g/mol. The Morgan fingerprint density at radius 2 is 2.24 bits per heavy atom. The quantitative estimate of drug-likeness (QED) is 0.864. The molecule has 1 unspecified atom stereocenters. The van der Waals surface area contributed by atoms with E-state index in [1.165, 1.54) is 37.9 Å². The van der Waals surface area contributed by atoms with Gasteiger partial charge in [0.05, 0.1) is 6.20 Å². The van der Waals surface area contributed by atoms with Crippen LogP contribution in [-0.4, -0.2) is 30.2 Å². The highest BCUT2D eigenvalue weighted by Crippen LogP contribution is 2.31. The predicted molar refractivity (Wildman–Crippen MR) is 65.6 cm³/mol. The minimum Gasteiger partial charge on any atom is -0.352 e. The highest BCUT2D eigenvalue weighted by molar-refractivity contribution is 5.41. The van der Waals surface area contributed by atoms with Gasteiger partial charge in [-0.05, 0) is 44.4 Å². The summed E-state index contributed by atoms with van der Waals surface area (Å²) in [4.78, 5) is 6.54. The molecule has 1 N–H and O–H groups in total. The number of pyridine rings is 1. The molecule has 2 heterocycles. The molecule has 17 heavy (non-hydrogen) atoms. The number of aromatic nitrogens is 1. The molecule has 0 amide bonds. The molecule has 2 aliphatic rings. The van der Waals surface area contributed by atoms with Crippen LogP contribution in [0.2, 0.25) is 0 Å². The van der Waals surface area contributed by atoms with Gasteiger partial charge in [-0.3, -0.25) is 0 Å². The van der Waals surface area contributed by atoms with Crippen LogP contribution in [0.3, 0.4) is 0 Å². The van der Waals surface area contributed by atoms with Crippen molar-refractivity contribution in [2.75, 3.05) is 18.0 Å². The molecule has 1 saturated carbocycles. The molecule has 92 valence electrons. The number of rotatable bonds is 4. The van der Waals surface area contributed by atoms with E-state index in [0.717, 1.165) is 18.9 Å². The van der Waals surface area contributed by atoms with Crippen molar-refractivity contribution in [1.82, 2.24) is 10.3 Å². The molecule has 0 bridgehead atoms. The molecule has 1 aromatic rings. The largest absolute Gasteiger partial charge is 0.352 e. The number of hydrogen-bond acceptors (Lipinski definition) is 3. The fourth-order valence-corrected chi connectivity index (χ4v) is 2.50. The third-order valence-corrected chi connectivity index (χ3v) is 3.57. The number of nitrogens with zero attached hydrogens (tertiary/aromatic N) is 2. The van der Waals surface area contributed by atoms with E-state index in [2.05, 4.69) is 15.2 Å². The van der Waals surface area contributed by atoms with Crippen LogP contribution < -0.4 is 10.2 Å². The van der Waals surface area contributed by atoms with Crippen LogP contribution >= 0.6 is 0 Å². The Labute approximate surface area is 101 Å². The third-order valence-electron chi connectivity index (χ3n) is 3.57. The lowest BCUT2D eigenvalue weighted by Crippen LogP contribution is -2.39. The van der Waals surface area contributed by atoms with Gasteiger partial charge in [0.2, 0.25) is 0 Å². The molecule has 1 atom stereocenters. The van der Waals surface area contributed by atoms with Gasteiger partial charge < -0.3 is 10.2 Å². The SMILES string of the molecule is Fc1ccc(N(CC2CCCN2)C2CC2)nc1. The van der Waals surface area contributed by atoms with Crippen molar-refractivity contribution in [2.24, 2.45) is 0 Å². The summed E-state index contributed by atoms with van der Waals surface area (Å²) in [5.41, 5.74) is 0. The molecule has 1 aromatic heterocycles. The molecule has 0 aromatic carbocycles. The summed E-state index contributed by atoms with van der Waals surface area (Å²) in [5.74, 6) is 0.658. The first-order valence-corrected chi connectivity index (χ1v) is 6.44. The molecule has 0 radical (unpaired) electrons. The van der Waals surface area contributed by atoms with E-state index >= 15 is 0 Å². The second-order valence-electron chi connectivity index (χ2n) is 5.01. The topological polar surface area (TPSA) is 28.2 Å². The second-order valence-corrected chi connectivity index (χ2v) is 5.01. The number of nitrogens with one attached hydrogen (secondary N) is 1. The molecule has 1 saturated heterocycles. The zero-order valence-corrected chi connectivity index (χ0v) is 9.90. The van der Waals surface area contributed by atoms with Crippen LogP contribution in [-0.2, 0) is 0 Å². The maximum absolute atomic E-state index is 12.9. The van der Waals surface area contributed by atoms with Crippen molar-refractivity contribution in [2.45, 2.75) is 37.8 Å². The van der Waals surface area contributed by atoms with Crippen LogP contribution in [0.5, 0.6) is 0 Å². The number of anilines is 1. The average molecular weight is 235 g/mol. The van der Waals surface area contributed by atoms with Crippen molar-refractivity contribution in [3.8, 4) is 0 Å². The summed E-state index contributed by atoms with van der Waals surface area (Å²) in [5, 5.41) is 3.51. The first kappa shape index (κ1) is 11.0.